The molecule has 8 nitrogen and oxygen atoms in total. The lowest BCUT2D eigenvalue weighted by Gasteiger charge is -2.42. The van der Waals surface area contributed by atoms with Crippen molar-refractivity contribution in [1.82, 2.24) is 30.8 Å². The van der Waals surface area contributed by atoms with Crippen molar-refractivity contribution in [3.63, 3.8) is 0 Å². The molecule has 2 aromatic heterocycles. The van der Waals surface area contributed by atoms with Crippen molar-refractivity contribution in [2.75, 3.05) is 13.1 Å². The molecular formula is C18H26N6O2S. The molecule has 9 heteroatoms. The third kappa shape index (κ3) is 4.72. The normalized spacial score (nSPS) is 28.2. The number of fused-ring (bicyclic) bond motifs is 1. The van der Waals surface area contributed by atoms with E-state index in [4.69, 9.17) is 0 Å². The van der Waals surface area contributed by atoms with Crippen LogP contribution in [-0.2, 0) is 17.9 Å². The number of thiophene rings is 1. The van der Waals surface area contributed by atoms with Crippen LogP contribution in [0, 0.1) is 17.8 Å². The monoisotopic (exact) mass is 390 g/mol. The molecule has 1 aliphatic heterocycles. The van der Waals surface area contributed by atoms with Gasteiger partial charge in [0.15, 0.2) is 5.82 Å². The molecule has 0 amide bonds. The summed E-state index contributed by atoms with van der Waals surface area (Å²) in [7, 11) is 0. The number of carboxylic acid groups (broad SMARTS) is 1. The quantitative estimate of drug-likeness (QED) is 0.661. The zero-order valence-corrected chi connectivity index (χ0v) is 16.1. The number of nitrogens with one attached hydrogen (secondary N) is 2. The first-order valence-electron chi connectivity index (χ1n) is 9.60. The van der Waals surface area contributed by atoms with E-state index >= 15 is 0 Å². The Kier molecular flexibility index (Phi) is 5.80. The fourth-order valence-corrected chi connectivity index (χ4v) is 5.38. The van der Waals surface area contributed by atoms with Gasteiger partial charge in [0, 0.05) is 18.0 Å². The van der Waals surface area contributed by atoms with Gasteiger partial charge in [0.1, 0.15) is 6.04 Å². The Morgan fingerprint density at radius 3 is 2.96 bits per heavy atom. The second kappa shape index (κ2) is 8.45. The Morgan fingerprint density at radius 1 is 1.30 bits per heavy atom. The number of rotatable bonds is 7. The molecule has 2 fully saturated rings. The maximum Gasteiger partial charge on any atom is 0.320 e. The SMILES string of the molecule is O=C(O)[C@@H]1C[C@H]2C[C@@H](CN(Cc3nn[nH]n3)Cc3cccs3)CC[C@H]2CN1. The molecule has 2 aliphatic rings. The highest BCUT2D eigenvalue weighted by atomic mass is 32.1. The van der Waals surface area contributed by atoms with Crippen LogP contribution in [0.1, 0.15) is 36.4 Å². The van der Waals surface area contributed by atoms with Crippen LogP contribution in [0.2, 0.25) is 0 Å². The summed E-state index contributed by atoms with van der Waals surface area (Å²) in [4.78, 5) is 15.1. The van der Waals surface area contributed by atoms with Crippen molar-refractivity contribution in [2.45, 2.75) is 44.8 Å². The second-order valence-electron chi connectivity index (χ2n) is 7.81. The van der Waals surface area contributed by atoms with Crippen LogP contribution in [0.5, 0.6) is 0 Å². The molecule has 27 heavy (non-hydrogen) atoms. The summed E-state index contributed by atoms with van der Waals surface area (Å²) in [5, 5.41) is 29.1. The average molecular weight is 391 g/mol. The van der Waals surface area contributed by atoms with Crippen LogP contribution in [0.4, 0.5) is 0 Å². The van der Waals surface area contributed by atoms with Crippen LogP contribution >= 0.6 is 11.3 Å². The lowest BCUT2D eigenvalue weighted by molar-refractivity contribution is -0.141. The largest absolute Gasteiger partial charge is 0.480 e. The minimum absolute atomic E-state index is 0.383. The van der Waals surface area contributed by atoms with Crippen molar-refractivity contribution in [1.29, 1.82) is 0 Å². The van der Waals surface area contributed by atoms with Gasteiger partial charge in [-0.25, -0.2) is 0 Å². The first-order chi connectivity index (χ1) is 13.2. The highest BCUT2D eigenvalue weighted by Gasteiger charge is 2.38. The van der Waals surface area contributed by atoms with E-state index in [1.54, 1.807) is 11.3 Å². The number of hydrogen-bond donors (Lipinski definition) is 3. The Balaban J connectivity index is 1.39. The fourth-order valence-electron chi connectivity index (χ4n) is 4.64. The molecule has 4 rings (SSSR count). The third-order valence-corrected chi connectivity index (χ3v) is 6.80. The van der Waals surface area contributed by atoms with E-state index in [0.717, 1.165) is 32.5 Å². The van der Waals surface area contributed by atoms with Crippen LogP contribution in [0.15, 0.2) is 17.5 Å². The molecule has 146 valence electrons. The van der Waals surface area contributed by atoms with Crippen LogP contribution in [0.3, 0.4) is 0 Å². The number of carboxylic acids is 1. The number of aromatic amines is 1. The van der Waals surface area contributed by atoms with Gasteiger partial charge >= 0.3 is 5.97 Å². The van der Waals surface area contributed by atoms with Gasteiger partial charge in [-0.05, 0) is 61.4 Å². The first kappa shape index (κ1) is 18.5. The summed E-state index contributed by atoms with van der Waals surface area (Å²) < 4.78 is 0. The summed E-state index contributed by atoms with van der Waals surface area (Å²) in [6.07, 6.45) is 4.26. The highest BCUT2D eigenvalue weighted by Crippen LogP contribution is 2.39. The molecule has 1 aliphatic carbocycles. The number of hydrogen-bond acceptors (Lipinski definition) is 7. The topological polar surface area (TPSA) is 107 Å². The minimum atomic E-state index is -0.716. The van der Waals surface area contributed by atoms with Crippen molar-refractivity contribution in [3.05, 3.63) is 28.2 Å². The van der Waals surface area contributed by atoms with E-state index in [9.17, 15) is 9.90 Å². The highest BCUT2D eigenvalue weighted by molar-refractivity contribution is 7.09. The van der Waals surface area contributed by atoms with E-state index < -0.39 is 5.97 Å². The lowest BCUT2D eigenvalue weighted by atomic mass is 9.69. The smallest absolute Gasteiger partial charge is 0.320 e. The molecule has 0 bridgehead atoms. The third-order valence-electron chi connectivity index (χ3n) is 5.94. The van der Waals surface area contributed by atoms with Gasteiger partial charge in [-0.3, -0.25) is 9.69 Å². The predicted molar refractivity (Wildman–Crippen MR) is 101 cm³/mol. The van der Waals surface area contributed by atoms with E-state index in [0.29, 0.717) is 30.1 Å². The van der Waals surface area contributed by atoms with E-state index in [1.165, 1.54) is 17.7 Å². The molecule has 0 unspecified atom stereocenters. The minimum Gasteiger partial charge on any atom is -0.480 e. The van der Waals surface area contributed by atoms with Crippen molar-refractivity contribution in [2.24, 2.45) is 17.8 Å². The van der Waals surface area contributed by atoms with Crippen molar-refractivity contribution in [3.8, 4) is 0 Å². The number of carbonyl (C=O) groups is 1. The fraction of sp³-hybridized carbons (Fsp3) is 0.667. The molecule has 0 spiro atoms. The Morgan fingerprint density at radius 2 is 2.22 bits per heavy atom. The molecule has 3 N–H and O–H groups in total. The molecule has 1 saturated heterocycles. The van der Waals surface area contributed by atoms with E-state index in [1.807, 2.05) is 0 Å². The molecular weight excluding hydrogens is 364 g/mol. The molecule has 1 saturated carbocycles. The van der Waals surface area contributed by atoms with E-state index in [2.05, 4.69) is 48.4 Å². The van der Waals surface area contributed by atoms with Gasteiger partial charge in [0.05, 0.1) is 6.54 Å². The van der Waals surface area contributed by atoms with Crippen molar-refractivity contribution >= 4 is 17.3 Å². The van der Waals surface area contributed by atoms with Crippen LogP contribution < -0.4 is 5.32 Å². The van der Waals surface area contributed by atoms with Gasteiger partial charge in [0.2, 0.25) is 0 Å². The molecule has 3 heterocycles. The summed E-state index contributed by atoms with van der Waals surface area (Å²) in [6, 6.07) is 3.86. The number of aliphatic carboxylic acids is 1. The van der Waals surface area contributed by atoms with Crippen LogP contribution in [0.25, 0.3) is 0 Å². The molecule has 2 aromatic rings. The number of piperidine rings is 1. The lowest BCUT2D eigenvalue weighted by Crippen LogP contribution is -2.50. The molecule has 0 aromatic carbocycles. The van der Waals surface area contributed by atoms with Gasteiger partial charge in [-0.1, -0.05) is 11.3 Å². The molecule has 0 radical (unpaired) electrons. The zero-order chi connectivity index (χ0) is 18.6. The number of nitrogens with zero attached hydrogens (tertiary/aromatic N) is 4. The maximum atomic E-state index is 11.4. The van der Waals surface area contributed by atoms with E-state index in [-0.39, 0.29) is 6.04 Å². The van der Waals surface area contributed by atoms with Gasteiger partial charge < -0.3 is 10.4 Å². The Bertz CT molecular complexity index is 686. The van der Waals surface area contributed by atoms with Gasteiger partial charge in [0.25, 0.3) is 0 Å². The number of aromatic nitrogens is 4. The van der Waals surface area contributed by atoms with Crippen LogP contribution in [-0.4, -0.2) is 55.7 Å². The summed E-state index contributed by atoms with van der Waals surface area (Å²) in [5.41, 5.74) is 0. The van der Waals surface area contributed by atoms with Gasteiger partial charge in [-0.2, -0.15) is 5.21 Å². The van der Waals surface area contributed by atoms with Gasteiger partial charge in [-0.15, -0.1) is 21.5 Å². The molecule has 4 atom stereocenters. The zero-order valence-electron chi connectivity index (χ0n) is 15.3. The standard InChI is InChI=1S/C18H26N6O2S/c25-18(26)16-7-14-6-12(3-4-13(14)8-19-16)9-24(10-15-2-1-5-27-15)11-17-20-22-23-21-17/h1-2,5,12-14,16,19H,3-4,6-11H2,(H,25,26)(H,20,21,22,23)/t12-,13-,14+,16-/m0/s1. The predicted octanol–water partition coefficient (Wildman–Crippen LogP) is 1.74. The Labute approximate surface area is 162 Å². The first-order valence-corrected chi connectivity index (χ1v) is 10.5. The van der Waals surface area contributed by atoms with Crippen molar-refractivity contribution < 1.29 is 9.90 Å². The summed E-state index contributed by atoms with van der Waals surface area (Å²) in [6.45, 7) is 3.39. The maximum absolute atomic E-state index is 11.4. The average Bonchev–Trinajstić information content (AvgIpc) is 3.35. The second-order valence-corrected chi connectivity index (χ2v) is 8.84. The summed E-state index contributed by atoms with van der Waals surface area (Å²) >= 11 is 1.77. The number of H-pyrrole nitrogens is 1. The summed E-state index contributed by atoms with van der Waals surface area (Å²) in [5.74, 6) is 1.73. The Hall–Kier alpha value is -1.84. The number of tetrazole rings is 1.